The summed E-state index contributed by atoms with van der Waals surface area (Å²) < 4.78 is 5.65. The highest BCUT2D eigenvalue weighted by molar-refractivity contribution is 5.69. The number of ether oxygens (including phenoxy) is 1. The van der Waals surface area contributed by atoms with Crippen molar-refractivity contribution in [1.82, 2.24) is 0 Å². The summed E-state index contributed by atoms with van der Waals surface area (Å²) in [5.41, 5.74) is 0. The van der Waals surface area contributed by atoms with Gasteiger partial charge in [-0.25, -0.2) is 0 Å². The minimum atomic E-state index is -0.0155. The van der Waals surface area contributed by atoms with Gasteiger partial charge in [0.05, 0.1) is 0 Å². The SMILES string of the molecule is CCCCCCC(C)/C=C/CCCCCCCC(=O)OC(C(C)C)C(C)C. The van der Waals surface area contributed by atoms with Gasteiger partial charge < -0.3 is 4.74 Å². The second-order valence-corrected chi connectivity index (χ2v) is 9.00. The maximum absolute atomic E-state index is 12.0. The molecular formula is C25H48O2. The summed E-state index contributed by atoms with van der Waals surface area (Å²) in [6, 6.07) is 0. The lowest BCUT2D eigenvalue weighted by molar-refractivity contribution is -0.154. The first-order valence-electron chi connectivity index (χ1n) is 11.7. The highest BCUT2D eigenvalue weighted by Crippen LogP contribution is 2.18. The molecule has 0 aliphatic carbocycles. The maximum Gasteiger partial charge on any atom is 0.306 e. The van der Waals surface area contributed by atoms with Crippen molar-refractivity contribution in [3.8, 4) is 0 Å². The first-order valence-corrected chi connectivity index (χ1v) is 11.7. The van der Waals surface area contributed by atoms with E-state index in [1.807, 2.05) is 0 Å². The van der Waals surface area contributed by atoms with Crippen LogP contribution in [0.25, 0.3) is 0 Å². The minimum Gasteiger partial charge on any atom is -0.462 e. The predicted molar refractivity (Wildman–Crippen MR) is 119 cm³/mol. The van der Waals surface area contributed by atoms with Gasteiger partial charge in [-0.1, -0.05) is 98.6 Å². The van der Waals surface area contributed by atoms with E-state index in [1.165, 1.54) is 57.8 Å². The van der Waals surface area contributed by atoms with Crippen molar-refractivity contribution in [2.45, 2.75) is 125 Å². The molecule has 0 aliphatic heterocycles. The molecule has 0 aromatic heterocycles. The number of esters is 1. The van der Waals surface area contributed by atoms with Crippen molar-refractivity contribution < 1.29 is 9.53 Å². The van der Waals surface area contributed by atoms with Gasteiger partial charge in [0.2, 0.25) is 0 Å². The summed E-state index contributed by atoms with van der Waals surface area (Å²) in [5, 5.41) is 0. The van der Waals surface area contributed by atoms with Crippen LogP contribution in [0.3, 0.4) is 0 Å². The summed E-state index contributed by atoms with van der Waals surface area (Å²) in [6.45, 7) is 13.1. The summed E-state index contributed by atoms with van der Waals surface area (Å²) in [7, 11) is 0. The van der Waals surface area contributed by atoms with Gasteiger partial charge in [0.1, 0.15) is 6.10 Å². The van der Waals surface area contributed by atoms with Crippen LogP contribution in [-0.4, -0.2) is 12.1 Å². The van der Waals surface area contributed by atoms with Crippen LogP contribution >= 0.6 is 0 Å². The zero-order chi connectivity index (χ0) is 20.5. The molecule has 0 radical (unpaired) electrons. The monoisotopic (exact) mass is 380 g/mol. The van der Waals surface area contributed by atoms with E-state index in [1.54, 1.807) is 0 Å². The molecule has 0 N–H and O–H groups in total. The van der Waals surface area contributed by atoms with Gasteiger partial charge in [-0.05, 0) is 43.4 Å². The molecule has 160 valence electrons. The van der Waals surface area contributed by atoms with E-state index in [-0.39, 0.29) is 12.1 Å². The van der Waals surface area contributed by atoms with Crippen molar-refractivity contribution in [1.29, 1.82) is 0 Å². The van der Waals surface area contributed by atoms with E-state index in [0.29, 0.717) is 18.3 Å². The van der Waals surface area contributed by atoms with Crippen LogP contribution in [0, 0.1) is 17.8 Å². The first kappa shape index (κ1) is 26.2. The van der Waals surface area contributed by atoms with Crippen LogP contribution in [0.15, 0.2) is 12.2 Å². The number of rotatable bonds is 17. The molecule has 0 fully saturated rings. The number of hydrogen-bond acceptors (Lipinski definition) is 2. The zero-order valence-electron chi connectivity index (χ0n) is 19.3. The van der Waals surface area contributed by atoms with Gasteiger partial charge in [0, 0.05) is 6.42 Å². The molecule has 27 heavy (non-hydrogen) atoms. The smallest absolute Gasteiger partial charge is 0.306 e. The molecule has 0 heterocycles. The Hall–Kier alpha value is -0.790. The Balaban J connectivity index is 3.58. The summed E-state index contributed by atoms with van der Waals surface area (Å²) in [4.78, 5) is 12.0. The molecular weight excluding hydrogens is 332 g/mol. The molecule has 0 saturated carbocycles. The fraction of sp³-hybridized carbons (Fsp3) is 0.880. The number of carbonyl (C=O) groups excluding carboxylic acids is 1. The Morgan fingerprint density at radius 1 is 0.815 bits per heavy atom. The molecule has 2 heteroatoms. The van der Waals surface area contributed by atoms with Crippen LogP contribution in [0.4, 0.5) is 0 Å². The third kappa shape index (κ3) is 15.9. The van der Waals surface area contributed by atoms with E-state index >= 15 is 0 Å². The second-order valence-electron chi connectivity index (χ2n) is 9.00. The minimum absolute atomic E-state index is 0.0155. The lowest BCUT2D eigenvalue weighted by atomic mass is 9.96. The molecule has 0 amide bonds. The standard InChI is InChI=1S/C25H48O2/c1-7-8-9-15-18-23(6)19-16-13-11-10-12-14-17-20-24(26)27-25(21(2)3)22(4)5/h16,19,21-23,25H,7-15,17-18,20H2,1-6H3/b19-16+. The number of carbonyl (C=O) groups is 1. The van der Waals surface area contributed by atoms with Gasteiger partial charge in [-0.3, -0.25) is 4.79 Å². The van der Waals surface area contributed by atoms with Crippen molar-refractivity contribution >= 4 is 5.97 Å². The van der Waals surface area contributed by atoms with Crippen LogP contribution in [0.1, 0.15) is 119 Å². The average Bonchev–Trinajstić information content (AvgIpc) is 2.61. The molecule has 0 aromatic carbocycles. The molecule has 0 aromatic rings. The Kier molecular flexibility index (Phi) is 16.8. The van der Waals surface area contributed by atoms with Gasteiger partial charge in [0.25, 0.3) is 0 Å². The average molecular weight is 381 g/mol. The zero-order valence-corrected chi connectivity index (χ0v) is 19.3. The fourth-order valence-electron chi connectivity index (χ4n) is 3.63. The molecule has 0 spiro atoms. The lowest BCUT2D eigenvalue weighted by Crippen LogP contribution is -2.28. The van der Waals surface area contributed by atoms with Crippen LogP contribution < -0.4 is 0 Å². The van der Waals surface area contributed by atoms with E-state index in [4.69, 9.17) is 4.74 Å². The maximum atomic E-state index is 12.0. The van der Waals surface area contributed by atoms with Gasteiger partial charge in [-0.2, -0.15) is 0 Å². The fourth-order valence-corrected chi connectivity index (χ4v) is 3.63. The topological polar surface area (TPSA) is 26.3 Å². The Morgan fingerprint density at radius 2 is 1.41 bits per heavy atom. The lowest BCUT2D eigenvalue weighted by Gasteiger charge is -2.24. The van der Waals surface area contributed by atoms with Crippen molar-refractivity contribution in [3.63, 3.8) is 0 Å². The largest absolute Gasteiger partial charge is 0.462 e. The van der Waals surface area contributed by atoms with E-state index in [2.05, 4.69) is 53.7 Å². The number of allylic oxidation sites excluding steroid dienone is 2. The Labute approximate surface area is 170 Å². The van der Waals surface area contributed by atoms with Crippen LogP contribution in [0.5, 0.6) is 0 Å². The van der Waals surface area contributed by atoms with Gasteiger partial charge in [-0.15, -0.1) is 0 Å². The second kappa shape index (κ2) is 17.3. The van der Waals surface area contributed by atoms with Gasteiger partial charge in [0.15, 0.2) is 0 Å². The molecule has 0 rings (SSSR count). The molecule has 0 aliphatic rings. The van der Waals surface area contributed by atoms with Crippen molar-refractivity contribution in [2.24, 2.45) is 17.8 Å². The van der Waals surface area contributed by atoms with E-state index in [9.17, 15) is 4.79 Å². The molecule has 1 atom stereocenters. The molecule has 2 nitrogen and oxygen atoms in total. The third-order valence-electron chi connectivity index (χ3n) is 5.31. The van der Waals surface area contributed by atoms with E-state index in [0.717, 1.165) is 18.8 Å². The van der Waals surface area contributed by atoms with Crippen LogP contribution in [0.2, 0.25) is 0 Å². The normalized spacial score (nSPS) is 13.2. The predicted octanol–water partition coefficient (Wildman–Crippen LogP) is 8.10. The summed E-state index contributed by atoms with van der Waals surface area (Å²) in [6.07, 6.45) is 19.3. The summed E-state index contributed by atoms with van der Waals surface area (Å²) in [5.74, 6) is 1.49. The number of unbranched alkanes of at least 4 members (excludes halogenated alkanes) is 8. The molecule has 1 unspecified atom stereocenters. The Bertz CT molecular complexity index is 363. The first-order chi connectivity index (χ1) is 12.9. The highest BCUT2D eigenvalue weighted by atomic mass is 16.5. The molecule has 0 bridgehead atoms. The van der Waals surface area contributed by atoms with Gasteiger partial charge >= 0.3 is 5.97 Å². The highest BCUT2D eigenvalue weighted by Gasteiger charge is 2.21. The van der Waals surface area contributed by atoms with Crippen LogP contribution in [-0.2, 0) is 9.53 Å². The third-order valence-corrected chi connectivity index (χ3v) is 5.31. The number of hydrogen-bond donors (Lipinski definition) is 0. The quantitative estimate of drug-likeness (QED) is 0.145. The van der Waals surface area contributed by atoms with Crippen molar-refractivity contribution in [3.05, 3.63) is 12.2 Å². The Morgan fingerprint density at radius 3 is 2.04 bits per heavy atom. The van der Waals surface area contributed by atoms with Crippen molar-refractivity contribution in [2.75, 3.05) is 0 Å². The molecule has 0 saturated heterocycles. The summed E-state index contributed by atoms with van der Waals surface area (Å²) >= 11 is 0. The van der Waals surface area contributed by atoms with E-state index < -0.39 is 0 Å².